The first-order valence-electron chi connectivity index (χ1n) is 9.71. The highest BCUT2D eigenvalue weighted by Crippen LogP contribution is 2.40. The molecule has 0 saturated carbocycles. The number of rotatable bonds is 6. The molecule has 1 atom stereocenters. The lowest BCUT2D eigenvalue weighted by Crippen LogP contribution is -2.31. The van der Waals surface area contributed by atoms with E-state index in [1.165, 1.54) is 20.5 Å². The van der Waals surface area contributed by atoms with Crippen LogP contribution in [0.3, 0.4) is 0 Å². The van der Waals surface area contributed by atoms with Gasteiger partial charge in [-0.1, -0.05) is 29.8 Å². The summed E-state index contributed by atoms with van der Waals surface area (Å²) >= 11 is 6.20. The number of amides is 1. The minimum absolute atomic E-state index is 0.352. The zero-order chi connectivity index (χ0) is 22.8. The summed E-state index contributed by atoms with van der Waals surface area (Å²) in [5.41, 5.74) is 2.28. The summed E-state index contributed by atoms with van der Waals surface area (Å²) in [4.78, 5) is 17.9. The van der Waals surface area contributed by atoms with Crippen LogP contribution < -0.4 is 24.8 Å². The highest BCUT2D eigenvalue weighted by Gasteiger charge is 2.35. The Morgan fingerprint density at radius 3 is 2.53 bits per heavy atom. The van der Waals surface area contributed by atoms with Crippen molar-refractivity contribution in [2.45, 2.75) is 13.0 Å². The fourth-order valence-corrected chi connectivity index (χ4v) is 3.94. The average molecular weight is 456 g/mol. The van der Waals surface area contributed by atoms with Crippen molar-refractivity contribution in [1.82, 2.24) is 14.8 Å². The van der Waals surface area contributed by atoms with E-state index in [1.807, 2.05) is 31.2 Å². The first-order chi connectivity index (χ1) is 15.5. The summed E-state index contributed by atoms with van der Waals surface area (Å²) in [6, 6.07) is 10.1. The molecule has 1 aliphatic rings. The quantitative estimate of drug-likeness (QED) is 0.581. The molecule has 0 saturated heterocycles. The highest BCUT2D eigenvalue weighted by molar-refractivity contribution is 6.32. The summed E-state index contributed by atoms with van der Waals surface area (Å²) < 4.78 is 17.9. The number of aromatic nitrogens is 3. The molecule has 32 heavy (non-hydrogen) atoms. The Hall–Kier alpha value is -3.72. The maximum absolute atomic E-state index is 13.6. The summed E-state index contributed by atoms with van der Waals surface area (Å²) in [5, 5.41) is 10.8. The number of hydrogen-bond acceptors (Lipinski definition) is 7. The fourth-order valence-electron chi connectivity index (χ4n) is 3.71. The van der Waals surface area contributed by atoms with Gasteiger partial charge < -0.3 is 24.8 Å². The van der Waals surface area contributed by atoms with Crippen LogP contribution in [0.5, 0.6) is 17.2 Å². The second-order valence-corrected chi connectivity index (χ2v) is 7.38. The summed E-state index contributed by atoms with van der Waals surface area (Å²) in [5.74, 6) is 1.62. The average Bonchev–Trinajstić information content (AvgIpc) is 3.26. The van der Waals surface area contributed by atoms with E-state index in [-0.39, 0.29) is 5.91 Å². The number of hydrogen-bond donors (Lipinski definition) is 2. The zero-order valence-corrected chi connectivity index (χ0v) is 18.7. The Balaban J connectivity index is 1.80. The number of benzene rings is 2. The van der Waals surface area contributed by atoms with Crippen LogP contribution in [0, 0.1) is 0 Å². The van der Waals surface area contributed by atoms with Gasteiger partial charge in [-0.3, -0.25) is 4.79 Å². The number of nitrogens with one attached hydrogen (secondary N) is 2. The van der Waals surface area contributed by atoms with Gasteiger partial charge in [-0.25, -0.2) is 4.68 Å². The Kier molecular flexibility index (Phi) is 5.91. The minimum Gasteiger partial charge on any atom is -0.496 e. The van der Waals surface area contributed by atoms with Crippen molar-refractivity contribution in [3.05, 3.63) is 64.6 Å². The third-order valence-electron chi connectivity index (χ3n) is 5.19. The summed E-state index contributed by atoms with van der Waals surface area (Å²) in [7, 11) is 4.59. The number of carbonyl (C=O) groups is 1. The van der Waals surface area contributed by atoms with Crippen LogP contribution in [0.4, 0.5) is 11.6 Å². The third-order valence-corrected chi connectivity index (χ3v) is 5.49. The van der Waals surface area contributed by atoms with Crippen LogP contribution in [0.1, 0.15) is 18.5 Å². The van der Waals surface area contributed by atoms with Crippen LogP contribution in [-0.4, -0.2) is 42.0 Å². The van der Waals surface area contributed by atoms with E-state index < -0.39 is 6.04 Å². The molecule has 0 fully saturated rings. The third kappa shape index (κ3) is 3.71. The Labute approximate surface area is 190 Å². The van der Waals surface area contributed by atoms with Crippen LogP contribution in [0.15, 0.2) is 54.0 Å². The molecule has 0 aliphatic carbocycles. The number of carbonyl (C=O) groups excluding carboxylic acids is 1. The number of methoxy groups -OCH3 is 3. The van der Waals surface area contributed by atoms with Crippen molar-refractivity contribution in [3.8, 4) is 17.2 Å². The predicted octanol–water partition coefficient (Wildman–Crippen LogP) is 3.88. The first kappa shape index (κ1) is 21.5. The van der Waals surface area contributed by atoms with Crippen molar-refractivity contribution in [2.75, 3.05) is 32.0 Å². The number of fused-ring (bicyclic) bond motifs is 1. The van der Waals surface area contributed by atoms with Crippen molar-refractivity contribution in [3.63, 3.8) is 0 Å². The molecule has 2 aromatic carbocycles. The fraction of sp³-hybridized carbons (Fsp3) is 0.227. The van der Waals surface area contributed by atoms with Gasteiger partial charge in [0.25, 0.3) is 5.91 Å². The number of halogens is 1. The zero-order valence-electron chi connectivity index (χ0n) is 18.0. The second kappa shape index (κ2) is 8.80. The molecule has 1 aliphatic heterocycles. The lowest BCUT2D eigenvalue weighted by Gasteiger charge is -2.29. The molecule has 0 bridgehead atoms. The van der Waals surface area contributed by atoms with Crippen molar-refractivity contribution in [2.24, 2.45) is 0 Å². The number of anilines is 2. The molecule has 2 N–H and O–H groups in total. The SMILES string of the molecule is COc1cc(NC(=O)C2=C(C)Nc3ncnn3C2c2ccccc2OC)c(OC)cc1Cl. The van der Waals surface area contributed by atoms with Crippen LogP contribution in [-0.2, 0) is 4.79 Å². The minimum atomic E-state index is -0.565. The largest absolute Gasteiger partial charge is 0.496 e. The van der Waals surface area contributed by atoms with Crippen LogP contribution >= 0.6 is 11.6 Å². The topological polar surface area (TPSA) is 99.5 Å². The number of nitrogens with zero attached hydrogens (tertiary/aromatic N) is 3. The molecular weight excluding hydrogens is 434 g/mol. The van der Waals surface area contributed by atoms with Crippen molar-refractivity contribution >= 4 is 29.1 Å². The molecule has 10 heteroatoms. The predicted molar refractivity (Wildman–Crippen MR) is 121 cm³/mol. The van der Waals surface area contributed by atoms with Gasteiger partial charge in [0.05, 0.1) is 37.6 Å². The molecule has 9 nitrogen and oxygen atoms in total. The molecular formula is C22H22ClN5O4. The van der Waals surface area contributed by atoms with Gasteiger partial charge in [0.15, 0.2) is 0 Å². The number of para-hydroxylation sites is 1. The summed E-state index contributed by atoms with van der Waals surface area (Å²) in [6.07, 6.45) is 1.44. The van der Waals surface area contributed by atoms with Crippen LogP contribution in [0.25, 0.3) is 0 Å². The molecule has 166 valence electrons. The molecule has 0 radical (unpaired) electrons. The second-order valence-electron chi connectivity index (χ2n) is 6.98. The van der Waals surface area contributed by atoms with E-state index >= 15 is 0 Å². The highest BCUT2D eigenvalue weighted by atomic mass is 35.5. The Morgan fingerprint density at radius 2 is 1.81 bits per heavy atom. The standard InChI is InChI=1S/C22H22ClN5O4/c1-12-19(21(29)27-15-10-17(31-3)14(23)9-18(15)32-4)20(28-22(26-12)24-11-25-28)13-7-5-6-8-16(13)30-2/h5-11,20H,1-4H3,(H,27,29)(H,24,25,26). The maximum Gasteiger partial charge on any atom is 0.255 e. The van der Waals surface area contributed by atoms with Crippen LogP contribution in [0.2, 0.25) is 5.02 Å². The van der Waals surface area contributed by atoms with E-state index in [2.05, 4.69) is 20.7 Å². The van der Waals surface area contributed by atoms with E-state index in [0.29, 0.717) is 45.2 Å². The van der Waals surface area contributed by atoms with Gasteiger partial charge in [0.2, 0.25) is 5.95 Å². The molecule has 3 aromatic rings. The van der Waals surface area contributed by atoms with Gasteiger partial charge in [0.1, 0.15) is 29.6 Å². The van der Waals surface area contributed by atoms with E-state index in [0.717, 1.165) is 5.56 Å². The van der Waals surface area contributed by atoms with Crippen molar-refractivity contribution in [1.29, 1.82) is 0 Å². The molecule has 1 unspecified atom stereocenters. The molecule has 1 amide bonds. The van der Waals surface area contributed by atoms with E-state index in [1.54, 1.807) is 23.9 Å². The molecule has 0 spiro atoms. The maximum atomic E-state index is 13.6. The van der Waals surface area contributed by atoms with Gasteiger partial charge in [0, 0.05) is 23.4 Å². The normalized spacial score (nSPS) is 15.0. The van der Waals surface area contributed by atoms with E-state index in [4.69, 9.17) is 25.8 Å². The van der Waals surface area contributed by atoms with Gasteiger partial charge in [-0.05, 0) is 13.0 Å². The lowest BCUT2D eigenvalue weighted by molar-refractivity contribution is -0.113. The lowest BCUT2D eigenvalue weighted by atomic mass is 9.94. The number of ether oxygens (including phenoxy) is 3. The van der Waals surface area contributed by atoms with Crippen molar-refractivity contribution < 1.29 is 19.0 Å². The summed E-state index contributed by atoms with van der Waals surface area (Å²) in [6.45, 7) is 1.81. The monoisotopic (exact) mass is 455 g/mol. The Morgan fingerprint density at radius 1 is 1.09 bits per heavy atom. The smallest absolute Gasteiger partial charge is 0.255 e. The first-order valence-corrected chi connectivity index (χ1v) is 10.1. The molecule has 4 rings (SSSR count). The molecule has 2 heterocycles. The van der Waals surface area contributed by atoms with Gasteiger partial charge >= 0.3 is 0 Å². The van der Waals surface area contributed by atoms with Gasteiger partial charge in [-0.15, -0.1) is 0 Å². The molecule has 1 aromatic heterocycles. The van der Waals surface area contributed by atoms with E-state index in [9.17, 15) is 4.79 Å². The van der Waals surface area contributed by atoms with Gasteiger partial charge in [-0.2, -0.15) is 10.1 Å². The Bertz CT molecular complexity index is 1210. The number of allylic oxidation sites excluding steroid dienone is 1.